The molecule has 1 saturated heterocycles. The summed E-state index contributed by atoms with van der Waals surface area (Å²) < 4.78 is 2.03. The number of aromatic nitrogens is 3. The smallest absolute Gasteiger partial charge is 0.157 e. The van der Waals surface area contributed by atoms with Crippen molar-refractivity contribution in [2.45, 2.75) is 19.3 Å². The first kappa shape index (κ1) is 11.2. The number of likely N-dealkylation sites (N-methyl/N-ethyl adjacent to an activating group) is 1. The van der Waals surface area contributed by atoms with Gasteiger partial charge >= 0.3 is 0 Å². The molecule has 0 bridgehead atoms. The summed E-state index contributed by atoms with van der Waals surface area (Å²) in [6.07, 6.45) is 5.28. The van der Waals surface area contributed by atoms with Crippen molar-refractivity contribution in [3.63, 3.8) is 0 Å². The monoisotopic (exact) mass is 256 g/mol. The predicted molar refractivity (Wildman–Crippen MR) is 74.7 cm³/mol. The van der Waals surface area contributed by atoms with Gasteiger partial charge in [0, 0.05) is 44.2 Å². The fraction of sp³-hybridized carbons (Fsp3) is 0.571. The molecule has 2 aromatic rings. The summed E-state index contributed by atoms with van der Waals surface area (Å²) in [6.45, 7) is 4.52. The van der Waals surface area contributed by atoms with Crippen LogP contribution in [0.1, 0.15) is 17.7 Å². The molecule has 0 atom stereocenters. The molecule has 2 aliphatic heterocycles. The van der Waals surface area contributed by atoms with Crippen LogP contribution >= 0.6 is 0 Å². The normalized spacial score (nSPS) is 20.2. The lowest BCUT2D eigenvalue weighted by Gasteiger charge is -2.35. The molecular weight excluding hydrogens is 237 g/mol. The average Bonchev–Trinajstić information content (AvgIpc) is 2.72. The minimum Gasteiger partial charge on any atom is -0.356 e. The topological polar surface area (TPSA) is 36.7 Å². The quantitative estimate of drug-likeness (QED) is 0.762. The van der Waals surface area contributed by atoms with E-state index in [2.05, 4.69) is 21.9 Å². The van der Waals surface area contributed by atoms with Crippen molar-refractivity contribution >= 4 is 11.5 Å². The minimum atomic E-state index is 0.991. The van der Waals surface area contributed by atoms with E-state index in [0.717, 1.165) is 44.7 Å². The van der Waals surface area contributed by atoms with E-state index >= 15 is 0 Å². The Balaban J connectivity index is 1.92. The van der Waals surface area contributed by atoms with Gasteiger partial charge in [-0.05, 0) is 19.9 Å². The average molecular weight is 256 g/mol. The van der Waals surface area contributed by atoms with Crippen LogP contribution in [0.25, 0.3) is 5.65 Å². The Morgan fingerprint density at radius 1 is 1.11 bits per heavy atom. The Bertz CT molecular complexity index is 614. The SMILES string of the molecule is [11CH3]N1CCc2nc3ccnn3c(N3CCC3)c2CC1. The number of hydrogen-bond acceptors (Lipinski definition) is 4. The molecule has 0 unspecified atom stereocenters. The summed E-state index contributed by atoms with van der Waals surface area (Å²) in [5.41, 5.74) is 3.68. The lowest BCUT2D eigenvalue weighted by atomic mass is 10.1. The van der Waals surface area contributed by atoms with Crippen molar-refractivity contribution in [3.8, 4) is 0 Å². The molecule has 0 aliphatic carbocycles. The molecule has 100 valence electrons. The first-order valence-electron chi connectivity index (χ1n) is 7.12. The van der Waals surface area contributed by atoms with Crippen molar-refractivity contribution in [3.05, 3.63) is 23.5 Å². The Morgan fingerprint density at radius 2 is 1.95 bits per heavy atom. The molecule has 0 spiro atoms. The van der Waals surface area contributed by atoms with Gasteiger partial charge in [0.15, 0.2) is 5.65 Å². The van der Waals surface area contributed by atoms with Crippen LogP contribution in [0.4, 0.5) is 5.82 Å². The van der Waals surface area contributed by atoms with Gasteiger partial charge in [0.25, 0.3) is 0 Å². The minimum absolute atomic E-state index is 0.991. The first-order chi connectivity index (χ1) is 9.33. The Morgan fingerprint density at radius 3 is 2.74 bits per heavy atom. The molecule has 1 fully saturated rings. The molecular formula is C14H19N5. The predicted octanol–water partition coefficient (Wildman–Crippen LogP) is 0.970. The van der Waals surface area contributed by atoms with Crippen LogP contribution in [0.5, 0.6) is 0 Å². The molecule has 2 aliphatic rings. The van der Waals surface area contributed by atoms with E-state index in [1.165, 1.54) is 23.5 Å². The maximum Gasteiger partial charge on any atom is 0.157 e. The highest BCUT2D eigenvalue weighted by Gasteiger charge is 2.25. The number of nitrogens with zero attached hydrogens (tertiary/aromatic N) is 5. The van der Waals surface area contributed by atoms with Crippen LogP contribution in [-0.2, 0) is 12.8 Å². The van der Waals surface area contributed by atoms with Gasteiger partial charge in [-0.1, -0.05) is 0 Å². The molecule has 0 saturated carbocycles. The molecule has 2 aromatic heterocycles. The maximum atomic E-state index is 4.82. The number of anilines is 1. The second kappa shape index (κ2) is 4.20. The summed E-state index contributed by atoms with van der Waals surface area (Å²) in [5.74, 6) is 1.30. The third-order valence-electron chi connectivity index (χ3n) is 4.32. The second-order valence-electron chi connectivity index (χ2n) is 5.61. The Labute approximate surface area is 112 Å². The van der Waals surface area contributed by atoms with Crippen LogP contribution in [0.2, 0.25) is 0 Å². The van der Waals surface area contributed by atoms with E-state index in [0.29, 0.717) is 0 Å². The fourth-order valence-electron chi connectivity index (χ4n) is 3.03. The van der Waals surface area contributed by atoms with Crippen LogP contribution in [0.15, 0.2) is 12.3 Å². The van der Waals surface area contributed by atoms with Crippen LogP contribution in [-0.4, -0.2) is 52.7 Å². The van der Waals surface area contributed by atoms with Crippen LogP contribution < -0.4 is 4.90 Å². The molecule has 4 rings (SSSR count). The summed E-state index contributed by atoms with van der Waals surface area (Å²) in [4.78, 5) is 9.66. The van der Waals surface area contributed by atoms with Crippen molar-refractivity contribution in [2.24, 2.45) is 0 Å². The van der Waals surface area contributed by atoms with Crippen LogP contribution in [0, 0.1) is 0 Å². The zero-order chi connectivity index (χ0) is 12.8. The summed E-state index contributed by atoms with van der Waals surface area (Å²) in [6, 6.07) is 2.01. The molecule has 19 heavy (non-hydrogen) atoms. The first-order valence-corrected chi connectivity index (χ1v) is 7.12. The number of hydrogen-bond donors (Lipinski definition) is 0. The molecule has 5 heteroatoms. The van der Waals surface area contributed by atoms with E-state index in [4.69, 9.17) is 4.98 Å². The highest BCUT2D eigenvalue weighted by Crippen LogP contribution is 2.29. The Hall–Kier alpha value is -1.62. The van der Waals surface area contributed by atoms with E-state index in [-0.39, 0.29) is 0 Å². The van der Waals surface area contributed by atoms with Gasteiger partial charge in [-0.2, -0.15) is 9.61 Å². The fourth-order valence-corrected chi connectivity index (χ4v) is 3.03. The Kier molecular flexibility index (Phi) is 2.48. The van der Waals surface area contributed by atoms with Gasteiger partial charge in [-0.25, -0.2) is 4.98 Å². The third kappa shape index (κ3) is 1.72. The van der Waals surface area contributed by atoms with Gasteiger partial charge in [0.1, 0.15) is 5.82 Å². The van der Waals surface area contributed by atoms with Gasteiger partial charge in [-0.15, -0.1) is 0 Å². The highest BCUT2D eigenvalue weighted by atomic mass is 15.4. The molecule has 0 radical (unpaired) electrons. The highest BCUT2D eigenvalue weighted by molar-refractivity contribution is 5.58. The lowest BCUT2D eigenvalue weighted by Crippen LogP contribution is -2.39. The van der Waals surface area contributed by atoms with E-state index in [9.17, 15) is 0 Å². The molecule has 0 N–H and O–H groups in total. The summed E-state index contributed by atoms with van der Waals surface area (Å²) in [5, 5.41) is 4.48. The van der Waals surface area contributed by atoms with E-state index in [1.54, 1.807) is 0 Å². The van der Waals surface area contributed by atoms with Crippen molar-refractivity contribution in [1.29, 1.82) is 0 Å². The number of fused-ring (bicyclic) bond motifs is 2. The summed E-state index contributed by atoms with van der Waals surface area (Å²) in [7, 11) is 2.19. The van der Waals surface area contributed by atoms with Gasteiger partial charge in [0.05, 0.1) is 11.9 Å². The lowest BCUT2D eigenvalue weighted by molar-refractivity contribution is 0.352. The van der Waals surface area contributed by atoms with E-state index < -0.39 is 0 Å². The van der Waals surface area contributed by atoms with Crippen LogP contribution in [0.3, 0.4) is 0 Å². The number of rotatable bonds is 1. The van der Waals surface area contributed by atoms with Crippen molar-refractivity contribution < 1.29 is 0 Å². The molecule has 5 nitrogen and oxygen atoms in total. The van der Waals surface area contributed by atoms with Gasteiger partial charge in [0.2, 0.25) is 0 Å². The zero-order valence-electron chi connectivity index (χ0n) is 11.3. The third-order valence-corrected chi connectivity index (χ3v) is 4.32. The molecule has 0 amide bonds. The largest absolute Gasteiger partial charge is 0.356 e. The summed E-state index contributed by atoms with van der Waals surface area (Å²) >= 11 is 0. The van der Waals surface area contributed by atoms with Crippen molar-refractivity contribution in [2.75, 3.05) is 38.1 Å². The van der Waals surface area contributed by atoms with Gasteiger partial charge < -0.3 is 9.80 Å². The van der Waals surface area contributed by atoms with Gasteiger partial charge in [-0.3, -0.25) is 0 Å². The standard InChI is InChI=1S/C14H19N5/c1-17-9-4-11-12(5-10-17)16-13-3-6-15-19(13)14(11)18-7-2-8-18/h3,6H,2,4-5,7-10H2,1H3/i1-1. The van der Waals surface area contributed by atoms with Crippen molar-refractivity contribution in [1.82, 2.24) is 19.5 Å². The maximum absolute atomic E-state index is 4.82. The second-order valence-corrected chi connectivity index (χ2v) is 5.61. The van der Waals surface area contributed by atoms with E-state index in [1.807, 2.05) is 16.8 Å². The molecule has 0 aromatic carbocycles. The zero-order valence-corrected chi connectivity index (χ0v) is 11.3. The molecule has 4 heterocycles.